The van der Waals surface area contributed by atoms with Gasteiger partial charge < -0.3 is 0 Å². The van der Waals surface area contributed by atoms with Gasteiger partial charge in [0.2, 0.25) is 0 Å². The van der Waals surface area contributed by atoms with E-state index in [1.54, 1.807) is 0 Å². The topological polar surface area (TPSA) is 0 Å². The van der Waals surface area contributed by atoms with Crippen LogP contribution in [0.5, 0.6) is 0 Å². The van der Waals surface area contributed by atoms with Crippen molar-refractivity contribution in [1.29, 1.82) is 0 Å². The van der Waals surface area contributed by atoms with E-state index in [1.807, 2.05) is 0 Å². The molecule has 0 spiro atoms. The van der Waals surface area contributed by atoms with Crippen molar-refractivity contribution < 1.29 is 34.1 Å². The molecule has 0 unspecified atom stereocenters. The van der Waals surface area contributed by atoms with Crippen LogP contribution in [0.1, 0.15) is 0 Å². The summed E-state index contributed by atoms with van der Waals surface area (Å²) >= 11 is 0. The van der Waals surface area contributed by atoms with Gasteiger partial charge in [0.05, 0.1) is 16.1 Å². The zero-order valence-electron chi connectivity index (χ0n) is 16.9. The second-order valence-electron chi connectivity index (χ2n) is 7.94. The maximum atomic E-state index is 2.40. The minimum absolute atomic E-state index is 0. The Morgan fingerprint density at radius 3 is 0.643 bits per heavy atom. The van der Waals surface area contributed by atoms with Crippen LogP contribution < -0.4 is 0 Å². The Morgan fingerprint density at radius 1 is 0.357 bits per heavy atom. The molecule has 0 N–H and O–H groups in total. The van der Waals surface area contributed by atoms with E-state index < -0.39 is 16.1 Å². The minimum atomic E-state index is -1.35. The van der Waals surface area contributed by atoms with Gasteiger partial charge in [-0.15, -0.1) is 0 Å². The van der Waals surface area contributed by atoms with Gasteiger partial charge in [0.1, 0.15) is 0 Å². The van der Waals surface area contributed by atoms with Gasteiger partial charge in [-0.3, -0.25) is 0 Å². The Labute approximate surface area is 200 Å². The van der Waals surface area contributed by atoms with Crippen LogP contribution in [-0.2, 0) is 34.1 Å². The quantitative estimate of drug-likeness (QED) is 0.484. The Kier molecular flexibility index (Phi) is 12.3. The third kappa shape index (κ3) is 6.73. The SMILES string of the molecule is C[Si](C)([C]1[CH][CH][CH][CH]1)[C]1[CH][CH][CH][CH]1.C[Si](C)([C]1[CH][CH][CH][CH]1)[C]1[CH][CH][CH][CH]1.[Fe+2].[Fe+2]. The van der Waals surface area contributed by atoms with Gasteiger partial charge in [0.15, 0.2) is 0 Å². The second-order valence-corrected chi connectivity index (χ2v) is 16.8. The largest absolute Gasteiger partial charge is 2.00 e. The molecule has 0 atom stereocenters. The minimum Gasteiger partial charge on any atom is -0.0685 e. The van der Waals surface area contributed by atoms with Gasteiger partial charge in [-0.05, 0) is 125 Å². The molecular weight excluding hydrogens is 456 g/mol. The first kappa shape index (κ1) is 27.5. The molecule has 0 saturated heterocycles. The Morgan fingerprint density at radius 2 is 0.500 bits per heavy atom. The average Bonchev–Trinajstić information content (AvgIpc) is 3.47. The molecule has 0 nitrogen and oxygen atoms in total. The number of rotatable bonds is 4. The monoisotopic (exact) mass is 484 g/mol. The third-order valence-corrected chi connectivity index (χ3v) is 12.6. The van der Waals surface area contributed by atoms with Crippen LogP contribution in [0.25, 0.3) is 0 Å². The van der Waals surface area contributed by atoms with Crippen LogP contribution in [-0.4, -0.2) is 16.1 Å². The van der Waals surface area contributed by atoms with Gasteiger partial charge in [-0.25, -0.2) is 0 Å². The van der Waals surface area contributed by atoms with Crippen molar-refractivity contribution in [3.05, 3.63) is 125 Å². The van der Waals surface area contributed by atoms with Gasteiger partial charge in [0, 0.05) is 0 Å². The van der Waals surface area contributed by atoms with Crippen LogP contribution in [0.2, 0.25) is 26.2 Å². The normalized spacial score (nSPS) is 25.3. The molecule has 28 heavy (non-hydrogen) atoms. The zero-order chi connectivity index (χ0) is 18.6. The predicted octanol–water partition coefficient (Wildman–Crippen LogP) is 5.16. The van der Waals surface area contributed by atoms with Crippen molar-refractivity contribution in [3.63, 3.8) is 0 Å². The van der Waals surface area contributed by atoms with Gasteiger partial charge in [0.25, 0.3) is 0 Å². The fourth-order valence-electron chi connectivity index (χ4n) is 3.50. The second kappa shape index (κ2) is 12.5. The zero-order valence-corrected chi connectivity index (χ0v) is 21.2. The molecule has 4 heteroatoms. The summed E-state index contributed by atoms with van der Waals surface area (Å²) in [7, 11) is -2.70. The van der Waals surface area contributed by atoms with E-state index in [1.165, 1.54) is 22.2 Å². The summed E-state index contributed by atoms with van der Waals surface area (Å²) in [4.78, 5) is 0. The Balaban J connectivity index is 0.000000261. The molecule has 0 bridgehead atoms. The van der Waals surface area contributed by atoms with E-state index in [-0.39, 0.29) is 34.1 Å². The fourth-order valence-corrected chi connectivity index (χ4v) is 8.27. The first-order valence-corrected chi connectivity index (χ1v) is 15.3. The van der Waals surface area contributed by atoms with Crippen molar-refractivity contribution in [1.82, 2.24) is 0 Å². The molecule has 0 aromatic carbocycles. The summed E-state index contributed by atoms with van der Waals surface area (Å²) in [6.45, 7) is 9.60. The molecule has 4 saturated carbocycles. The summed E-state index contributed by atoms with van der Waals surface area (Å²) in [5, 5.41) is 0. The third-order valence-electron chi connectivity index (χ3n) is 5.54. The predicted molar refractivity (Wildman–Crippen MR) is 117 cm³/mol. The number of hydrogen-bond donors (Lipinski definition) is 0. The van der Waals surface area contributed by atoms with Crippen LogP contribution in [0.3, 0.4) is 0 Å². The van der Waals surface area contributed by atoms with Crippen LogP contribution in [0, 0.1) is 125 Å². The molecule has 4 fully saturated rings. The average molecular weight is 484 g/mol. The molecule has 0 aliphatic heterocycles. The van der Waals surface area contributed by atoms with E-state index in [0.29, 0.717) is 0 Å². The smallest absolute Gasteiger partial charge is 0.0685 e. The van der Waals surface area contributed by atoms with E-state index >= 15 is 0 Å². The molecule has 0 amide bonds. The van der Waals surface area contributed by atoms with E-state index in [0.717, 1.165) is 0 Å². The van der Waals surface area contributed by atoms with Gasteiger partial charge in [-0.2, -0.15) is 0 Å². The van der Waals surface area contributed by atoms with E-state index in [4.69, 9.17) is 0 Å². The maximum Gasteiger partial charge on any atom is 2.00 e. The Bertz CT molecular complexity index is 338. The van der Waals surface area contributed by atoms with Crippen LogP contribution in [0.4, 0.5) is 0 Å². The van der Waals surface area contributed by atoms with Crippen molar-refractivity contribution in [2.24, 2.45) is 0 Å². The molecule has 0 aromatic rings. The molecular formula is C24H28Fe2Si2+4. The van der Waals surface area contributed by atoms with Crippen molar-refractivity contribution in [2.45, 2.75) is 26.2 Å². The van der Waals surface area contributed by atoms with E-state index in [2.05, 4.69) is 129 Å². The first-order valence-electron chi connectivity index (χ1n) is 9.31. The first-order chi connectivity index (χ1) is 12.4. The van der Waals surface area contributed by atoms with Crippen molar-refractivity contribution in [2.75, 3.05) is 0 Å². The van der Waals surface area contributed by atoms with E-state index in [9.17, 15) is 0 Å². The van der Waals surface area contributed by atoms with Crippen LogP contribution >= 0.6 is 0 Å². The molecule has 20 radical (unpaired) electrons. The summed E-state index contributed by atoms with van der Waals surface area (Å²) in [5.41, 5.74) is 6.11. The summed E-state index contributed by atoms with van der Waals surface area (Å²) < 4.78 is 0. The molecule has 4 aliphatic carbocycles. The molecule has 144 valence electrons. The van der Waals surface area contributed by atoms with Crippen molar-refractivity contribution >= 4 is 16.1 Å². The summed E-state index contributed by atoms with van der Waals surface area (Å²) in [5.74, 6) is 0. The van der Waals surface area contributed by atoms with Gasteiger partial charge in [-0.1, -0.05) is 26.2 Å². The molecule has 0 aromatic heterocycles. The number of hydrogen-bond acceptors (Lipinski definition) is 0. The summed E-state index contributed by atoms with van der Waals surface area (Å²) in [6, 6.07) is 0. The molecule has 0 heterocycles. The molecule has 4 aliphatic rings. The summed E-state index contributed by atoms with van der Waals surface area (Å²) in [6.07, 6.45) is 35.0. The Hall–Kier alpha value is 1.47. The van der Waals surface area contributed by atoms with Crippen LogP contribution in [0.15, 0.2) is 0 Å². The van der Waals surface area contributed by atoms with Gasteiger partial charge >= 0.3 is 34.1 Å². The fraction of sp³-hybridized carbons (Fsp3) is 0.167. The maximum absolute atomic E-state index is 2.40. The molecule has 4 rings (SSSR count). The standard InChI is InChI=1S/2C12H14Si.2Fe/c2*1-13(2,11-7-3-4-8-11)12-9-5-6-10-12;;/h2*3-10H,1-2H3;;/q;;2*+2. The van der Waals surface area contributed by atoms with Crippen molar-refractivity contribution in [3.8, 4) is 0 Å².